The number of hydrogen-bond acceptors (Lipinski definition) is 3. The molecule has 3 nitrogen and oxygen atoms in total. The van der Waals surface area contributed by atoms with Crippen molar-refractivity contribution in [2.24, 2.45) is 0 Å². The Labute approximate surface area is 88.4 Å². The summed E-state index contributed by atoms with van der Waals surface area (Å²) in [6, 6.07) is 7.35. The summed E-state index contributed by atoms with van der Waals surface area (Å²) in [7, 11) is 0. The second-order valence-corrected chi connectivity index (χ2v) is 3.59. The summed E-state index contributed by atoms with van der Waals surface area (Å²) in [5.74, 6) is 1.23. The third-order valence-electron chi connectivity index (χ3n) is 2.43. The van der Waals surface area contributed by atoms with Crippen LogP contribution in [0.2, 0.25) is 0 Å². The van der Waals surface area contributed by atoms with Crippen molar-refractivity contribution in [2.45, 2.75) is 19.3 Å². The van der Waals surface area contributed by atoms with E-state index in [0.29, 0.717) is 18.1 Å². The Balaban J connectivity index is 2.15. The van der Waals surface area contributed by atoms with Crippen LogP contribution >= 0.6 is 0 Å². The minimum Gasteiger partial charge on any atom is -0.508 e. The summed E-state index contributed by atoms with van der Waals surface area (Å²) in [6.07, 6.45) is 3.89. The first kappa shape index (κ1) is 9.77. The van der Waals surface area contributed by atoms with Gasteiger partial charge in [-0.3, -0.25) is 0 Å². The maximum absolute atomic E-state index is 9.66. The number of phenolic OH excluding ortho intramolecular Hbond substituents is 1. The van der Waals surface area contributed by atoms with E-state index >= 15 is 0 Å². The summed E-state index contributed by atoms with van der Waals surface area (Å²) in [4.78, 5) is 4.06. The predicted octanol–water partition coefficient (Wildman–Crippen LogP) is 2.73. The van der Waals surface area contributed by atoms with Gasteiger partial charge in [-0.05, 0) is 17.5 Å². The number of aromatic nitrogens is 1. The Kier molecular flexibility index (Phi) is 2.72. The zero-order valence-electron chi connectivity index (χ0n) is 8.55. The quantitative estimate of drug-likeness (QED) is 0.834. The Morgan fingerprint density at radius 2 is 2.20 bits per heavy atom. The topological polar surface area (TPSA) is 46.3 Å². The van der Waals surface area contributed by atoms with Gasteiger partial charge >= 0.3 is 0 Å². The molecule has 0 bridgehead atoms. The molecule has 78 valence electrons. The molecule has 2 rings (SSSR count). The highest BCUT2D eigenvalue weighted by molar-refractivity contribution is 5.34. The predicted molar refractivity (Wildman–Crippen MR) is 56.7 cm³/mol. The molecule has 15 heavy (non-hydrogen) atoms. The lowest BCUT2D eigenvalue weighted by atomic mass is 9.97. The summed E-state index contributed by atoms with van der Waals surface area (Å²) in [5, 5.41) is 9.66. The Morgan fingerprint density at radius 3 is 2.87 bits per heavy atom. The molecule has 0 spiro atoms. The molecule has 1 heterocycles. The summed E-state index contributed by atoms with van der Waals surface area (Å²) in [6.45, 7) is 2.04. The molecule has 0 aliphatic heterocycles. The van der Waals surface area contributed by atoms with Gasteiger partial charge in [-0.1, -0.05) is 25.1 Å². The van der Waals surface area contributed by atoms with Crippen molar-refractivity contribution in [3.05, 3.63) is 48.2 Å². The molecular weight excluding hydrogens is 190 g/mol. The number of benzene rings is 1. The van der Waals surface area contributed by atoms with E-state index in [-0.39, 0.29) is 5.92 Å². The molecule has 0 saturated heterocycles. The Morgan fingerprint density at radius 1 is 1.40 bits per heavy atom. The normalized spacial score (nSPS) is 12.6. The Hall–Kier alpha value is -1.77. The molecule has 1 aromatic heterocycles. The molecule has 0 fully saturated rings. The second-order valence-electron chi connectivity index (χ2n) is 3.59. The first-order valence-electron chi connectivity index (χ1n) is 4.93. The number of nitrogens with zero attached hydrogens (tertiary/aromatic N) is 1. The lowest BCUT2D eigenvalue weighted by Gasteiger charge is -2.10. The highest BCUT2D eigenvalue weighted by Crippen LogP contribution is 2.27. The smallest absolute Gasteiger partial charge is 0.194 e. The molecule has 1 unspecified atom stereocenters. The highest BCUT2D eigenvalue weighted by Gasteiger charge is 2.12. The number of phenols is 1. The van der Waals surface area contributed by atoms with Crippen LogP contribution in [0.15, 0.2) is 41.1 Å². The van der Waals surface area contributed by atoms with Crippen LogP contribution in [0.5, 0.6) is 5.75 Å². The standard InChI is InChI=1S/C12H13NO2/c1-9(8-12-13-6-7-15-12)10-4-2-3-5-11(10)14/h2-7,9,14H,8H2,1H3. The first-order valence-corrected chi connectivity index (χ1v) is 4.93. The second kappa shape index (κ2) is 4.17. The SMILES string of the molecule is CC(Cc1ncco1)c1ccccc1O. The number of oxazole rings is 1. The van der Waals surface area contributed by atoms with E-state index in [1.165, 1.54) is 0 Å². The molecule has 1 N–H and O–H groups in total. The van der Waals surface area contributed by atoms with E-state index in [2.05, 4.69) is 4.98 Å². The Bertz CT molecular complexity index is 423. The van der Waals surface area contributed by atoms with Crippen LogP contribution < -0.4 is 0 Å². The van der Waals surface area contributed by atoms with Gasteiger partial charge in [-0.2, -0.15) is 0 Å². The summed E-state index contributed by atoms with van der Waals surface area (Å²) in [5.41, 5.74) is 0.927. The molecule has 0 aliphatic rings. The van der Waals surface area contributed by atoms with Crippen molar-refractivity contribution in [2.75, 3.05) is 0 Å². The van der Waals surface area contributed by atoms with Crippen LogP contribution in [0.1, 0.15) is 24.3 Å². The molecule has 0 radical (unpaired) electrons. The summed E-state index contributed by atoms with van der Waals surface area (Å²) >= 11 is 0. The third kappa shape index (κ3) is 2.18. The molecule has 3 heteroatoms. The number of rotatable bonds is 3. The average molecular weight is 203 g/mol. The average Bonchev–Trinajstić information content (AvgIpc) is 2.71. The van der Waals surface area contributed by atoms with Gasteiger partial charge in [0.1, 0.15) is 12.0 Å². The lowest BCUT2D eigenvalue weighted by molar-refractivity contribution is 0.449. The maximum atomic E-state index is 9.66. The van der Waals surface area contributed by atoms with E-state index < -0.39 is 0 Å². The van der Waals surface area contributed by atoms with Crippen LogP contribution in [-0.4, -0.2) is 10.1 Å². The fourth-order valence-electron chi connectivity index (χ4n) is 1.63. The molecule has 1 aromatic carbocycles. The zero-order valence-corrected chi connectivity index (χ0v) is 8.55. The zero-order chi connectivity index (χ0) is 10.7. The van der Waals surface area contributed by atoms with E-state index in [1.54, 1.807) is 18.5 Å². The van der Waals surface area contributed by atoms with Crippen LogP contribution in [0.4, 0.5) is 0 Å². The third-order valence-corrected chi connectivity index (χ3v) is 2.43. The van der Waals surface area contributed by atoms with Crippen molar-refractivity contribution in [1.82, 2.24) is 4.98 Å². The molecule has 2 aromatic rings. The van der Waals surface area contributed by atoms with Gasteiger partial charge in [0.15, 0.2) is 5.89 Å². The fourth-order valence-corrected chi connectivity index (χ4v) is 1.63. The summed E-state index contributed by atoms with van der Waals surface area (Å²) < 4.78 is 5.17. The highest BCUT2D eigenvalue weighted by atomic mass is 16.3. The van der Waals surface area contributed by atoms with Crippen molar-refractivity contribution in [3.63, 3.8) is 0 Å². The number of para-hydroxylation sites is 1. The molecule has 0 aliphatic carbocycles. The van der Waals surface area contributed by atoms with E-state index in [0.717, 1.165) is 5.56 Å². The van der Waals surface area contributed by atoms with Gasteiger partial charge in [0.05, 0.1) is 6.20 Å². The number of aromatic hydroxyl groups is 1. The maximum Gasteiger partial charge on any atom is 0.194 e. The van der Waals surface area contributed by atoms with Gasteiger partial charge in [0, 0.05) is 6.42 Å². The van der Waals surface area contributed by atoms with Crippen LogP contribution in [-0.2, 0) is 6.42 Å². The van der Waals surface area contributed by atoms with Crippen molar-refractivity contribution < 1.29 is 9.52 Å². The van der Waals surface area contributed by atoms with Crippen molar-refractivity contribution >= 4 is 0 Å². The monoisotopic (exact) mass is 203 g/mol. The van der Waals surface area contributed by atoms with E-state index in [4.69, 9.17) is 4.42 Å². The van der Waals surface area contributed by atoms with Crippen LogP contribution in [0.25, 0.3) is 0 Å². The van der Waals surface area contributed by atoms with Gasteiger partial charge in [0.25, 0.3) is 0 Å². The fraction of sp³-hybridized carbons (Fsp3) is 0.250. The van der Waals surface area contributed by atoms with Crippen molar-refractivity contribution in [1.29, 1.82) is 0 Å². The van der Waals surface area contributed by atoms with Gasteiger partial charge < -0.3 is 9.52 Å². The van der Waals surface area contributed by atoms with Gasteiger partial charge in [-0.15, -0.1) is 0 Å². The number of hydrogen-bond donors (Lipinski definition) is 1. The molecule has 1 atom stereocenters. The minimum absolute atomic E-state index is 0.199. The molecular formula is C12H13NO2. The molecule has 0 saturated carbocycles. The first-order chi connectivity index (χ1) is 7.27. The van der Waals surface area contributed by atoms with Crippen molar-refractivity contribution in [3.8, 4) is 5.75 Å². The minimum atomic E-state index is 0.199. The largest absolute Gasteiger partial charge is 0.508 e. The van der Waals surface area contributed by atoms with Gasteiger partial charge in [-0.25, -0.2) is 4.98 Å². The van der Waals surface area contributed by atoms with Crippen LogP contribution in [0, 0.1) is 0 Å². The van der Waals surface area contributed by atoms with E-state index in [1.807, 2.05) is 25.1 Å². The van der Waals surface area contributed by atoms with Gasteiger partial charge in [0.2, 0.25) is 0 Å². The van der Waals surface area contributed by atoms with E-state index in [9.17, 15) is 5.11 Å². The lowest BCUT2D eigenvalue weighted by Crippen LogP contribution is -1.98. The van der Waals surface area contributed by atoms with Crippen LogP contribution in [0.3, 0.4) is 0 Å². The molecule has 0 amide bonds.